The Bertz CT molecular complexity index is 809. The molecule has 0 saturated carbocycles. The molecule has 2 aromatic carbocycles. The van der Waals surface area contributed by atoms with E-state index >= 15 is 0 Å². The first-order valence-electron chi connectivity index (χ1n) is 10.8. The van der Waals surface area contributed by atoms with Gasteiger partial charge in [-0.25, -0.2) is 0 Å². The Labute approximate surface area is 190 Å². The van der Waals surface area contributed by atoms with Crippen LogP contribution in [0.15, 0.2) is 59.5 Å². The van der Waals surface area contributed by atoms with Gasteiger partial charge in [-0.2, -0.15) is 0 Å². The van der Waals surface area contributed by atoms with Crippen LogP contribution in [0.3, 0.4) is 0 Å². The molecule has 0 saturated heterocycles. The van der Waals surface area contributed by atoms with E-state index in [-0.39, 0.29) is 11.8 Å². The third kappa shape index (κ3) is 8.29. The molecule has 2 amide bonds. The molecule has 1 atom stereocenters. The smallest absolute Gasteiger partial charge is 0.242 e. The zero-order valence-corrected chi connectivity index (χ0v) is 19.8. The number of thioether (sulfide) groups is 1. The van der Waals surface area contributed by atoms with E-state index in [1.807, 2.05) is 61.5 Å². The van der Waals surface area contributed by atoms with Crippen LogP contribution < -0.4 is 10.1 Å². The molecule has 0 aliphatic carbocycles. The number of rotatable bonds is 12. The minimum atomic E-state index is -0.491. The summed E-state index contributed by atoms with van der Waals surface area (Å²) in [5.41, 5.74) is 0.972. The molecule has 0 bridgehead atoms. The van der Waals surface area contributed by atoms with E-state index in [9.17, 15) is 9.59 Å². The summed E-state index contributed by atoms with van der Waals surface area (Å²) < 4.78 is 5.23. The second-order valence-electron chi connectivity index (χ2n) is 7.84. The van der Waals surface area contributed by atoms with Gasteiger partial charge in [-0.3, -0.25) is 9.59 Å². The van der Waals surface area contributed by atoms with Gasteiger partial charge in [0.15, 0.2) is 0 Å². The van der Waals surface area contributed by atoms with Crippen molar-refractivity contribution in [3.63, 3.8) is 0 Å². The van der Waals surface area contributed by atoms with Gasteiger partial charge >= 0.3 is 0 Å². The van der Waals surface area contributed by atoms with Crippen molar-refractivity contribution >= 4 is 23.6 Å². The highest BCUT2D eigenvalue weighted by Crippen LogP contribution is 2.21. The summed E-state index contributed by atoms with van der Waals surface area (Å²) in [5.74, 6) is 1.70. The molecular formula is C25H34N2O3S. The van der Waals surface area contributed by atoms with Crippen molar-refractivity contribution in [3.8, 4) is 5.75 Å². The number of benzene rings is 2. The Morgan fingerprint density at radius 2 is 1.74 bits per heavy atom. The van der Waals surface area contributed by atoms with Crippen LogP contribution in [0.25, 0.3) is 0 Å². The van der Waals surface area contributed by atoms with Crippen molar-refractivity contribution in [1.29, 1.82) is 0 Å². The molecule has 31 heavy (non-hydrogen) atoms. The van der Waals surface area contributed by atoms with Gasteiger partial charge < -0.3 is 15.0 Å². The number of nitrogens with zero attached hydrogens (tertiary/aromatic N) is 1. The summed E-state index contributed by atoms with van der Waals surface area (Å²) in [6.07, 6.45) is 0.946. The SMILES string of the molecule is CCC(C(=O)NCC(C)C)N(Cc1ccc(OC)cc1)C(=O)CCSc1ccccc1. The minimum absolute atomic E-state index is 0.00852. The molecule has 2 aromatic rings. The Kier molecular flexibility index (Phi) is 10.4. The number of hydrogen-bond donors (Lipinski definition) is 1. The van der Waals surface area contributed by atoms with E-state index in [4.69, 9.17) is 4.74 Å². The number of amides is 2. The van der Waals surface area contributed by atoms with Crippen LogP contribution in [-0.4, -0.2) is 42.2 Å². The molecule has 0 radical (unpaired) electrons. The van der Waals surface area contributed by atoms with E-state index in [1.165, 1.54) is 0 Å². The molecule has 5 nitrogen and oxygen atoms in total. The standard InChI is InChI=1S/C25H34N2O3S/c1-5-23(25(29)26-17-19(2)3)27(18-20-11-13-21(30-4)14-12-20)24(28)15-16-31-22-9-7-6-8-10-22/h6-14,19,23H,5,15-18H2,1-4H3,(H,26,29). The Morgan fingerprint density at radius 3 is 2.32 bits per heavy atom. The fraction of sp³-hybridized carbons (Fsp3) is 0.440. The lowest BCUT2D eigenvalue weighted by atomic mass is 10.1. The van der Waals surface area contributed by atoms with Crippen LogP contribution >= 0.6 is 11.8 Å². The van der Waals surface area contributed by atoms with Crippen molar-refractivity contribution in [1.82, 2.24) is 10.2 Å². The third-order valence-corrected chi connectivity index (χ3v) is 5.92. The van der Waals surface area contributed by atoms with Crippen molar-refractivity contribution in [2.45, 2.75) is 51.1 Å². The molecule has 2 rings (SSSR count). The van der Waals surface area contributed by atoms with Gasteiger partial charge in [0.2, 0.25) is 11.8 Å². The maximum atomic E-state index is 13.2. The third-order valence-electron chi connectivity index (χ3n) is 4.91. The normalized spacial score (nSPS) is 11.8. The zero-order valence-electron chi connectivity index (χ0n) is 19.0. The van der Waals surface area contributed by atoms with Gasteiger partial charge in [-0.15, -0.1) is 11.8 Å². The van der Waals surface area contributed by atoms with Crippen LogP contribution in [0, 0.1) is 5.92 Å². The van der Waals surface area contributed by atoms with Gasteiger partial charge in [0, 0.05) is 30.2 Å². The summed E-state index contributed by atoms with van der Waals surface area (Å²) in [6, 6.07) is 17.2. The van der Waals surface area contributed by atoms with E-state index in [0.717, 1.165) is 16.2 Å². The van der Waals surface area contributed by atoms with Gasteiger partial charge in [-0.05, 0) is 42.2 Å². The highest BCUT2D eigenvalue weighted by molar-refractivity contribution is 7.99. The van der Waals surface area contributed by atoms with Crippen LogP contribution in [0.5, 0.6) is 5.75 Å². The lowest BCUT2D eigenvalue weighted by Crippen LogP contribution is -2.49. The average molecular weight is 443 g/mol. The lowest BCUT2D eigenvalue weighted by Gasteiger charge is -2.31. The predicted molar refractivity (Wildman–Crippen MR) is 127 cm³/mol. The Hall–Kier alpha value is -2.47. The minimum Gasteiger partial charge on any atom is -0.497 e. The van der Waals surface area contributed by atoms with E-state index < -0.39 is 6.04 Å². The fourth-order valence-electron chi connectivity index (χ4n) is 3.19. The first-order chi connectivity index (χ1) is 14.9. The Balaban J connectivity index is 2.11. The van der Waals surface area contributed by atoms with E-state index in [0.29, 0.717) is 37.6 Å². The van der Waals surface area contributed by atoms with Crippen LogP contribution in [0.4, 0.5) is 0 Å². The summed E-state index contributed by atoms with van der Waals surface area (Å²) >= 11 is 1.65. The maximum Gasteiger partial charge on any atom is 0.242 e. The van der Waals surface area contributed by atoms with Crippen molar-refractivity contribution in [2.75, 3.05) is 19.4 Å². The second kappa shape index (κ2) is 13.1. The first kappa shape index (κ1) is 24.8. The van der Waals surface area contributed by atoms with Gasteiger partial charge in [-0.1, -0.05) is 51.1 Å². The van der Waals surface area contributed by atoms with Crippen molar-refractivity contribution < 1.29 is 14.3 Å². The number of methoxy groups -OCH3 is 1. The van der Waals surface area contributed by atoms with Crippen LogP contribution in [0.1, 0.15) is 39.2 Å². The van der Waals surface area contributed by atoms with E-state index in [2.05, 4.69) is 19.2 Å². The monoisotopic (exact) mass is 442 g/mol. The number of nitrogens with one attached hydrogen (secondary N) is 1. The molecular weight excluding hydrogens is 408 g/mol. The molecule has 0 aromatic heterocycles. The Morgan fingerprint density at radius 1 is 1.06 bits per heavy atom. The van der Waals surface area contributed by atoms with Crippen molar-refractivity contribution in [2.24, 2.45) is 5.92 Å². The summed E-state index contributed by atoms with van der Waals surface area (Å²) in [7, 11) is 1.63. The number of ether oxygens (including phenoxy) is 1. The summed E-state index contributed by atoms with van der Waals surface area (Å²) in [5, 5.41) is 3.00. The first-order valence-corrected chi connectivity index (χ1v) is 11.8. The summed E-state index contributed by atoms with van der Waals surface area (Å²) in [6.45, 7) is 7.06. The lowest BCUT2D eigenvalue weighted by molar-refractivity contribution is -0.141. The highest BCUT2D eigenvalue weighted by atomic mass is 32.2. The van der Waals surface area contributed by atoms with Gasteiger partial charge in [0.1, 0.15) is 11.8 Å². The molecule has 0 aliphatic rings. The molecule has 1 unspecified atom stereocenters. The predicted octanol–water partition coefficient (Wildman–Crippen LogP) is 4.76. The topological polar surface area (TPSA) is 58.6 Å². The molecule has 0 spiro atoms. The largest absolute Gasteiger partial charge is 0.497 e. The van der Waals surface area contributed by atoms with Gasteiger partial charge in [0.05, 0.1) is 7.11 Å². The molecule has 0 heterocycles. The molecule has 0 aliphatic heterocycles. The number of carbonyl (C=O) groups excluding carboxylic acids is 2. The average Bonchev–Trinajstić information content (AvgIpc) is 2.78. The number of hydrogen-bond acceptors (Lipinski definition) is 4. The molecule has 6 heteroatoms. The quantitative estimate of drug-likeness (QED) is 0.482. The van der Waals surface area contributed by atoms with E-state index in [1.54, 1.807) is 23.8 Å². The summed E-state index contributed by atoms with van der Waals surface area (Å²) in [4.78, 5) is 29.0. The molecule has 168 valence electrons. The van der Waals surface area contributed by atoms with Gasteiger partial charge in [0.25, 0.3) is 0 Å². The number of carbonyl (C=O) groups is 2. The zero-order chi connectivity index (χ0) is 22.6. The molecule has 1 N–H and O–H groups in total. The fourth-order valence-corrected chi connectivity index (χ4v) is 4.05. The second-order valence-corrected chi connectivity index (χ2v) is 9.01. The van der Waals surface area contributed by atoms with Crippen LogP contribution in [-0.2, 0) is 16.1 Å². The molecule has 0 fully saturated rings. The maximum absolute atomic E-state index is 13.2. The highest BCUT2D eigenvalue weighted by Gasteiger charge is 2.28. The van der Waals surface area contributed by atoms with Crippen LogP contribution in [0.2, 0.25) is 0 Å². The van der Waals surface area contributed by atoms with Crippen molar-refractivity contribution in [3.05, 3.63) is 60.2 Å².